The minimum Gasteiger partial charge on any atom is -0.385 e. The Morgan fingerprint density at radius 2 is 2.32 bits per heavy atom. The van der Waals surface area contributed by atoms with Gasteiger partial charge in [0.2, 0.25) is 0 Å². The monoisotopic (exact) mass is 443 g/mol. The van der Waals surface area contributed by atoms with Crippen LogP contribution in [-0.4, -0.2) is 44.3 Å². The molecule has 2 aliphatic heterocycles. The highest BCUT2D eigenvalue weighted by Gasteiger charge is 2.26. The smallest absolute Gasteiger partial charge is 0.257 e. The van der Waals surface area contributed by atoms with Crippen LogP contribution in [0.25, 0.3) is 11.0 Å². The van der Waals surface area contributed by atoms with E-state index >= 15 is 0 Å². The van der Waals surface area contributed by atoms with Gasteiger partial charge in [0.25, 0.3) is 5.56 Å². The second kappa shape index (κ2) is 8.16. The van der Waals surface area contributed by atoms with Crippen molar-refractivity contribution in [3.8, 4) is 0 Å². The van der Waals surface area contributed by atoms with E-state index in [0.29, 0.717) is 0 Å². The van der Waals surface area contributed by atoms with Crippen LogP contribution < -0.4 is 5.56 Å². The van der Waals surface area contributed by atoms with Crippen LogP contribution in [0.5, 0.6) is 0 Å². The molecule has 164 valence electrons. The van der Waals surface area contributed by atoms with E-state index in [1.54, 1.807) is 0 Å². The van der Waals surface area contributed by atoms with Gasteiger partial charge in [0.1, 0.15) is 17.7 Å². The minimum absolute atomic E-state index is 0.0219. The molecule has 7 nitrogen and oxygen atoms in total. The van der Waals surface area contributed by atoms with Crippen molar-refractivity contribution < 1.29 is 37.3 Å². The molecule has 1 N–H and O–H groups in total. The number of hydrogen-bond donors (Lipinski definition) is 1. The first kappa shape index (κ1) is 8.75. The van der Waals surface area contributed by atoms with Crippen molar-refractivity contribution in [3.05, 3.63) is 57.1 Å². The molecule has 0 radical (unpaired) electrons. The van der Waals surface area contributed by atoms with Crippen LogP contribution in [-0.2, 0) is 12.9 Å². The summed E-state index contributed by atoms with van der Waals surface area (Å²) < 4.78 is 159. The van der Waals surface area contributed by atoms with Gasteiger partial charge in [-0.15, -0.1) is 0 Å². The molecular formula is C23H27FN4O3. The first-order chi connectivity index (χ1) is 21.6. The molecule has 2 aromatic heterocycles. The van der Waals surface area contributed by atoms with Crippen LogP contribution in [0.3, 0.4) is 0 Å². The number of fused-ring (bicyclic) bond motifs is 2. The highest BCUT2D eigenvalue weighted by atomic mass is 19.1. The number of likely N-dealkylation sites (tertiary alicyclic amines) is 1. The van der Waals surface area contributed by atoms with E-state index in [1.807, 2.05) is 0 Å². The Morgan fingerprint density at radius 1 is 1.48 bits per heavy atom. The maximum atomic E-state index is 14.2. The number of benzene rings is 1. The van der Waals surface area contributed by atoms with Crippen molar-refractivity contribution >= 4 is 11.0 Å². The van der Waals surface area contributed by atoms with Crippen LogP contribution in [0.4, 0.5) is 4.39 Å². The number of hydrogen-bond acceptors (Lipinski definition) is 6. The fraction of sp³-hybridized carbons (Fsp3) is 0.522. The van der Waals surface area contributed by atoms with E-state index in [0.717, 1.165) is 4.90 Å². The van der Waals surface area contributed by atoms with Gasteiger partial charge in [0.15, 0.2) is 5.58 Å². The molecule has 1 fully saturated rings. The average Bonchev–Trinajstić information content (AvgIpc) is 3.42. The van der Waals surface area contributed by atoms with Gasteiger partial charge in [-0.25, -0.2) is 9.37 Å². The topological polar surface area (TPSA) is 84.4 Å². The van der Waals surface area contributed by atoms with Gasteiger partial charge < -0.3 is 14.5 Å². The number of nitrogens with zero attached hydrogens (tertiary/aromatic N) is 4. The Morgan fingerprint density at radius 3 is 3.13 bits per heavy atom. The van der Waals surface area contributed by atoms with E-state index in [9.17, 15) is 14.3 Å². The van der Waals surface area contributed by atoms with Gasteiger partial charge in [0.05, 0.1) is 11.2 Å². The third-order valence-corrected chi connectivity index (χ3v) is 5.10. The SMILES string of the molecule is [2H]c1c(F)c([2H])c2onc(C3CCN(C([2H])([2H])C([2H])([2H])c4c(C([2H])([2H])[2H])nc5n(c4=O)C([2H])([2H])C([2H])([2H])C([2H])([2H])C5([2H])O)CC3)c2c1[2H]. The zero-order valence-electron chi connectivity index (χ0n) is 32.8. The van der Waals surface area contributed by atoms with Crippen molar-refractivity contribution in [2.45, 2.75) is 57.3 Å². The third kappa shape index (κ3) is 3.78. The van der Waals surface area contributed by atoms with Gasteiger partial charge in [-0.2, -0.15) is 0 Å². The molecule has 2 aliphatic rings. The molecule has 1 atom stereocenters. The number of rotatable bonds is 4. The molecule has 1 aromatic carbocycles. The maximum absolute atomic E-state index is 14.2. The van der Waals surface area contributed by atoms with Crippen LogP contribution in [0, 0.1) is 12.7 Å². The Hall–Kier alpha value is -2.58. The molecule has 5 rings (SSSR count). The summed E-state index contributed by atoms with van der Waals surface area (Å²) in [6, 6.07) is -2.22. The van der Waals surface area contributed by atoms with E-state index in [-0.39, 0.29) is 47.2 Å². The van der Waals surface area contributed by atoms with E-state index < -0.39 is 97.5 Å². The lowest BCUT2D eigenvalue weighted by Crippen LogP contribution is -2.37. The lowest BCUT2D eigenvalue weighted by Gasteiger charge is -2.31. The van der Waals surface area contributed by atoms with E-state index in [1.165, 1.54) is 0 Å². The largest absolute Gasteiger partial charge is 0.385 e. The highest BCUT2D eigenvalue weighted by molar-refractivity contribution is 5.79. The quantitative estimate of drug-likeness (QED) is 0.667. The number of aryl methyl sites for hydroxylation is 1. The van der Waals surface area contributed by atoms with Crippen molar-refractivity contribution in [3.63, 3.8) is 0 Å². The normalized spacial score (nSPS) is 36.9. The summed E-state index contributed by atoms with van der Waals surface area (Å²) in [6.45, 7) is -11.3. The summed E-state index contributed by atoms with van der Waals surface area (Å²) in [7, 11) is 0. The Bertz CT molecular complexity index is 1880. The Labute approximate surface area is 203 Å². The maximum Gasteiger partial charge on any atom is 0.257 e. The van der Waals surface area contributed by atoms with Gasteiger partial charge in [0, 0.05) is 59.4 Å². The van der Waals surface area contributed by atoms with E-state index in [2.05, 4.69) is 10.1 Å². The molecule has 0 amide bonds. The molecule has 0 aliphatic carbocycles. The predicted octanol–water partition coefficient (Wildman–Crippen LogP) is 3.08. The predicted molar refractivity (Wildman–Crippen MR) is 114 cm³/mol. The number of halogens is 1. The van der Waals surface area contributed by atoms with Crippen LogP contribution in [0.15, 0.2) is 27.4 Å². The third-order valence-electron chi connectivity index (χ3n) is 5.10. The molecule has 8 heteroatoms. The van der Waals surface area contributed by atoms with Gasteiger partial charge in [-0.1, -0.05) is 5.16 Å². The van der Waals surface area contributed by atoms with Crippen LogP contribution >= 0.6 is 0 Å². The molecule has 0 bridgehead atoms. The number of aromatic nitrogens is 3. The second-order valence-electron chi connectivity index (χ2n) is 6.97. The summed E-state index contributed by atoms with van der Waals surface area (Å²) in [4.78, 5) is 18.3. The first-order valence-corrected chi connectivity index (χ1v) is 9.31. The standard InChI is InChI=1S/C23H27FN4O3/c1-14-17(23(30)28-9-2-3-19(29)22(28)25-14)8-12-27-10-6-15(7-11-27)21-18-5-4-16(24)13-20(18)31-26-21/h4-5,13,15,19,29H,2-3,6-12H2,1H3/i1D3,2D2,3D2,4D,5D,8D2,9D2,12D2,13D,19D. The van der Waals surface area contributed by atoms with Crippen molar-refractivity contribution in [1.82, 2.24) is 19.6 Å². The lowest BCUT2D eigenvalue weighted by atomic mass is 9.91. The summed E-state index contributed by atoms with van der Waals surface area (Å²) >= 11 is 0. The molecule has 0 spiro atoms. The van der Waals surface area contributed by atoms with Crippen LogP contribution in [0.2, 0.25) is 0 Å². The average molecular weight is 444 g/mol. The zero-order valence-corrected chi connectivity index (χ0v) is 15.8. The van der Waals surface area contributed by atoms with Crippen molar-refractivity contribution in [2.24, 2.45) is 0 Å². The molecular weight excluding hydrogens is 399 g/mol. The zero-order chi connectivity index (χ0) is 36.5. The fourth-order valence-electron chi connectivity index (χ4n) is 3.53. The van der Waals surface area contributed by atoms with Crippen LogP contribution in [0.1, 0.15) is 83.7 Å². The summed E-state index contributed by atoms with van der Waals surface area (Å²) in [5.74, 6) is -3.46. The molecule has 31 heavy (non-hydrogen) atoms. The second-order valence-corrected chi connectivity index (χ2v) is 6.97. The Kier molecular flexibility index (Phi) is 2.30. The van der Waals surface area contributed by atoms with Gasteiger partial charge in [-0.3, -0.25) is 9.36 Å². The molecule has 0 saturated carbocycles. The minimum atomic E-state index is -3.87. The number of piperidine rings is 1. The lowest BCUT2D eigenvalue weighted by molar-refractivity contribution is 0.129. The van der Waals surface area contributed by atoms with Gasteiger partial charge >= 0.3 is 0 Å². The summed E-state index contributed by atoms with van der Waals surface area (Å²) in [6.07, 6.45) is -15.3. The van der Waals surface area contributed by atoms with E-state index in [4.69, 9.17) is 27.8 Å². The Balaban J connectivity index is 1.59. The summed E-state index contributed by atoms with van der Waals surface area (Å²) in [5.41, 5.74) is -5.34. The molecule has 1 saturated heterocycles. The fourth-order valence-corrected chi connectivity index (χ4v) is 3.53. The highest BCUT2D eigenvalue weighted by Crippen LogP contribution is 2.32. The van der Waals surface area contributed by atoms with Gasteiger partial charge in [-0.05, 0) is 64.0 Å². The van der Waals surface area contributed by atoms with Crippen molar-refractivity contribution in [1.29, 1.82) is 0 Å². The molecule has 4 heterocycles. The molecule has 1 unspecified atom stereocenters. The first-order valence-electron chi connectivity index (χ1n) is 17.8. The molecule has 3 aromatic rings. The summed E-state index contributed by atoms with van der Waals surface area (Å²) in [5, 5.41) is 14.5. The van der Waals surface area contributed by atoms with Crippen molar-refractivity contribution in [2.75, 3.05) is 19.6 Å². The number of aliphatic hydroxyl groups is 1.